The van der Waals surface area contributed by atoms with Crippen LogP contribution in [0, 0.1) is 0 Å². The lowest BCUT2D eigenvalue weighted by Gasteiger charge is -2.18. The number of amides is 1. The van der Waals surface area contributed by atoms with Crippen LogP contribution in [0.15, 0.2) is 66.0 Å². The minimum atomic E-state index is -4.55. The molecule has 1 fully saturated rings. The highest BCUT2D eigenvalue weighted by atomic mass is 32.2. The van der Waals surface area contributed by atoms with Gasteiger partial charge in [-0.05, 0) is 37.5 Å². The van der Waals surface area contributed by atoms with Crippen LogP contribution in [0.4, 0.5) is 18.9 Å². The van der Waals surface area contributed by atoms with Gasteiger partial charge in [0.2, 0.25) is 5.91 Å². The summed E-state index contributed by atoms with van der Waals surface area (Å²) in [6.45, 7) is 2.97. The predicted octanol–water partition coefficient (Wildman–Crippen LogP) is 5.87. The second kappa shape index (κ2) is 10.0. The Bertz CT molecular complexity index is 1100. The second-order valence-corrected chi connectivity index (χ2v) is 9.14. The first-order valence-electron chi connectivity index (χ1n) is 10.7. The summed E-state index contributed by atoms with van der Waals surface area (Å²) >= 11 is 1.21. The lowest BCUT2D eigenvalue weighted by Crippen LogP contribution is -2.25. The molecule has 3 aromatic rings. The minimum absolute atomic E-state index is 0.0591. The van der Waals surface area contributed by atoms with Gasteiger partial charge in [0.25, 0.3) is 0 Å². The van der Waals surface area contributed by atoms with E-state index in [-0.39, 0.29) is 11.8 Å². The van der Waals surface area contributed by atoms with Crippen molar-refractivity contribution in [3.8, 4) is 11.3 Å². The van der Waals surface area contributed by atoms with Crippen molar-refractivity contribution in [3.63, 3.8) is 0 Å². The van der Waals surface area contributed by atoms with Crippen LogP contribution in [0.5, 0.6) is 0 Å². The molecule has 1 aliphatic heterocycles. The number of rotatable bonds is 7. The molecule has 5 nitrogen and oxygen atoms in total. The quantitative estimate of drug-likeness (QED) is 0.435. The predicted molar refractivity (Wildman–Crippen MR) is 122 cm³/mol. The molecule has 1 aromatic heterocycles. The molecule has 2 atom stereocenters. The van der Waals surface area contributed by atoms with Crippen LogP contribution in [0.3, 0.4) is 0 Å². The Balaban J connectivity index is 1.54. The molecule has 0 bridgehead atoms. The van der Waals surface area contributed by atoms with Crippen molar-refractivity contribution in [1.82, 2.24) is 9.55 Å². The lowest BCUT2D eigenvalue weighted by atomic mass is 10.1. The molecule has 2 heterocycles. The normalized spacial score (nSPS) is 17.2. The number of nitrogens with one attached hydrogen (secondary N) is 1. The van der Waals surface area contributed by atoms with Gasteiger partial charge in [-0.15, -0.1) is 0 Å². The Labute approximate surface area is 194 Å². The number of benzene rings is 2. The highest BCUT2D eigenvalue weighted by molar-refractivity contribution is 8.00. The summed E-state index contributed by atoms with van der Waals surface area (Å²) in [7, 11) is 0. The summed E-state index contributed by atoms with van der Waals surface area (Å²) < 4.78 is 47.7. The molecule has 2 aromatic carbocycles. The van der Waals surface area contributed by atoms with Crippen molar-refractivity contribution in [2.24, 2.45) is 0 Å². The van der Waals surface area contributed by atoms with Gasteiger partial charge < -0.3 is 14.6 Å². The molecule has 4 rings (SSSR count). The Morgan fingerprint density at radius 1 is 1.21 bits per heavy atom. The third-order valence-corrected chi connectivity index (χ3v) is 6.54. The zero-order chi connectivity index (χ0) is 23.4. The molecule has 1 N–H and O–H groups in total. The highest BCUT2D eigenvalue weighted by Crippen LogP contribution is 2.35. The van der Waals surface area contributed by atoms with Crippen molar-refractivity contribution in [3.05, 3.63) is 66.4 Å². The number of thioether (sulfide) groups is 1. The fraction of sp³-hybridized carbons (Fsp3) is 0.333. The van der Waals surface area contributed by atoms with Gasteiger partial charge in [-0.3, -0.25) is 4.79 Å². The first kappa shape index (κ1) is 23.4. The van der Waals surface area contributed by atoms with Crippen molar-refractivity contribution in [2.75, 3.05) is 11.9 Å². The molecule has 9 heteroatoms. The zero-order valence-corrected chi connectivity index (χ0v) is 18.8. The number of halogens is 3. The van der Waals surface area contributed by atoms with E-state index >= 15 is 0 Å². The van der Waals surface area contributed by atoms with Crippen molar-refractivity contribution >= 4 is 23.4 Å². The summed E-state index contributed by atoms with van der Waals surface area (Å²) in [5.41, 5.74) is 0.770. The number of anilines is 1. The number of hydrogen-bond acceptors (Lipinski definition) is 4. The molecule has 174 valence electrons. The molecule has 0 radical (unpaired) electrons. The zero-order valence-electron chi connectivity index (χ0n) is 18.0. The molecule has 1 saturated heterocycles. The number of carbonyl (C=O) groups excluding carboxylic acids is 1. The number of aromatic nitrogens is 2. The number of hydrogen-bond donors (Lipinski definition) is 1. The summed E-state index contributed by atoms with van der Waals surface area (Å²) in [6, 6.07) is 14.8. The van der Waals surface area contributed by atoms with Crippen molar-refractivity contribution < 1.29 is 22.7 Å². The fourth-order valence-corrected chi connectivity index (χ4v) is 4.64. The number of imidazole rings is 1. The summed E-state index contributed by atoms with van der Waals surface area (Å²) in [5.74, 6) is -0.523. The number of carbonyl (C=O) groups is 1. The van der Waals surface area contributed by atoms with Crippen LogP contribution in [-0.2, 0) is 22.3 Å². The summed E-state index contributed by atoms with van der Waals surface area (Å²) in [5, 5.41) is 2.38. The maximum Gasteiger partial charge on any atom is 0.418 e. The monoisotopic (exact) mass is 475 g/mol. The van der Waals surface area contributed by atoms with E-state index in [0.29, 0.717) is 11.7 Å². The maximum absolute atomic E-state index is 13.3. The van der Waals surface area contributed by atoms with Crippen molar-refractivity contribution in [2.45, 2.75) is 49.0 Å². The summed E-state index contributed by atoms with van der Waals surface area (Å²) in [6.07, 6.45) is -0.789. The van der Waals surface area contributed by atoms with E-state index < -0.39 is 22.9 Å². The van der Waals surface area contributed by atoms with Crippen LogP contribution in [0.25, 0.3) is 11.3 Å². The Kier molecular flexibility index (Phi) is 7.09. The average Bonchev–Trinajstić information content (AvgIpc) is 3.45. The number of para-hydroxylation sites is 1. The van der Waals surface area contributed by atoms with E-state index in [1.807, 2.05) is 34.9 Å². The van der Waals surface area contributed by atoms with E-state index in [0.717, 1.165) is 36.8 Å². The number of nitrogens with zero attached hydrogens (tertiary/aromatic N) is 2. The van der Waals surface area contributed by atoms with E-state index in [9.17, 15) is 18.0 Å². The Morgan fingerprint density at radius 3 is 2.64 bits per heavy atom. The minimum Gasteiger partial charge on any atom is -0.376 e. The van der Waals surface area contributed by atoms with Crippen LogP contribution >= 0.6 is 11.8 Å². The lowest BCUT2D eigenvalue weighted by molar-refractivity contribution is -0.137. The molecule has 2 unspecified atom stereocenters. The van der Waals surface area contributed by atoms with Crippen LogP contribution in [0.1, 0.15) is 25.3 Å². The van der Waals surface area contributed by atoms with Gasteiger partial charge in [0.05, 0.1) is 41.0 Å². The topological polar surface area (TPSA) is 56.2 Å². The smallest absolute Gasteiger partial charge is 0.376 e. The van der Waals surface area contributed by atoms with Gasteiger partial charge >= 0.3 is 6.18 Å². The van der Waals surface area contributed by atoms with Crippen LogP contribution in [0.2, 0.25) is 0 Å². The number of ether oxygens (including phenoxy) is 1. The molecule has 33 heavy (non-hydrogen) atoms. The van der Waals surface area contributed by atoms with E-state index in [1.165, 1.54) is 30.0 Å². The molecule has 0 aliphatic carbocycles. The van der Waals surface area contributed by atoms with Crippen molar-refractivity contribution in [1.29, 1.82) is 0 Å². The molecule has 0 saturated carbocycles. The third-order valence-electron chi connectivity index (χ3n) is 5.44. The van der Waals surface area contributed by atoms with Gasteiger partial charge in [0.1, 0.15) is 0 Å². The van der Waals surface area contributed by atoms with Gasteiger partial charge in [-0.1, -0.05) is 54.2 Å². The van der Waals surface area contributed by atoms with E-state index in [2.05, 4.69) is 10.3 Å². The largest absolute Gasteiger partial charge is 0.418 e. The highest BCUT2D eigenvalue weighted by Gasteiger charge is 2.34. The van der Waals surface area contributed by atoms with Gasteiger partial charge in [-0.25, -0.2) is 4.98 Å². The standard InChI is InChI=1S/C24H24F3N3O2S/c1-16(22(31)29-20-12-6-5-11-19(20)24(25,26)27)33-23-28-14-21(17-8-3-2-4-9-17)30(23)15-18-10-7-13-32-18/h2-6,8-9,11-12,14,16,18H,7,10,13,15H2,1H3,(H,29,31). The number of alkyl halides is 3. The maximum atomic E-state index is 13.3. The first-order valence-corrected chi connectivity index (χ1v) is 11.6. The SMILES string of the molecule is CC(Sc1ncc(-c2ccccc2)n1CC1CCCO1)C(=O)Nc1ccccc1C(F)(F)F. The average molecular weight is 476 g/mol. The van der Waals surface area contributed by atoms with Gasteiger partial charge in [-0.2, -0.15) is 13.2 Å². The Morgan fingerprint density at radius 2 is 1.94 bits per heavy atom. The molecule has 1 aliphatic rings. The van der Waals surface area contributed by atoms with Gasteiger partial charge in [0.15, 0.2) is 5.16 Å². The molecule has 1 amide bonds. The first-order chi connectivity index (χ1) is 15.8. The van der Waals surface area contributed by atoms with Crippen LogP contribution < -0.4 is 5.32 Å². The van der Waals surface area contributed by atoms with Crippen LogP contribution in [-0.4, -0.2) is 33.4 Å². The molecule has 0 spiro atoms. The van der Waals surface area contributed by atoms with E-state index in [4.69, 9.17) is 4.74 Å². The molecular formula is C24H24F3N3O2S. The van der Waals surface area contributed by atoms with E-state index in [1.54, 1.807) is 13.1 Å². The summed E-state index contributed by atoms with van der Waals surface area (Å²) in [4.78, 5) is 17.3. The fourth-order valence-electron chi connectivity index (χ4n) is 3.75. The Hall–Kier alpha value is -2.78. The van der Waals surface area contributed by atoms with Gasteiger partial charge in [0, 0.05) is 6.61 Å². The third kappa shape index (κ3) is 5.59. The second-order valence-electron chi connectivity index (χ2n) is 7.83. The molecular weight excluding hydrogens is 451 g/mol.